The summed E-state index contributed by atoms with van der Waals surface area (Å²) in [6, 6.07) is 16.2. The Balaban J connectivity index is 1.72. The molecule has 35 heavy (non-hydrogen) atoms. The molecule has 4 rings (SSSR count). The van der Waals surface area contributed by atoms with E-state index in [0.29, 0.717) is 22.0 Å². The molecule has 0 bridgehead atoms. The van der Waals surface area contributed by atoms with Crippen molar-refractivity contribution >= 4 is 44.6 Å². The topological polar surface area (TPSA) is 110 Å². The van der Waals surface area contributed by atoms with Gasteiger partial charge < -0.3 is 9.84 Å². The van der Waals surface area contributed by atoms with Crippen molar-refractivity contribution in [1.29, 1.82) is 0 Å². The van der Waals surface area contributed by atoms with Crippen molar-refractivity contribution < 1.29 is 23.1 Å². The van der Waals surface area contributed by atoms with Gasteiger partial charge in [0.1, 0.15) is 12.4 Å². The number of aromatic carboxylic acids is 1. The third-order valence-electron chi connectivity index (χ3n) is 4.93. The summed E-state index contributed by atoms with van der Waals surface area (Å²) in [6.45, 7) is 1.75. The molecule has 0 spiro atoms. The molecular formula is C24H20ClN3O5S2. The first-order valence-corrected chi connectivity index (χ1v) is 13.0. The van der Waals surface area contributed by atoms with Crippen molar-refractivity contribution in [2.75, 3.05) is 4.31 Å². The molecule has 11 heteroatoms. The number of halogens is 1. The van der Waals surface area contributed by atoms with Crippen molar-refractivity contribution in [3.63, 3.8) is 0 Å². The van der Waals surface area contributed by atoms with Gasteiger partial charge in [-0.1, -0.05) is 29.8 Å². The van der Waals surface area contributed by atoms with Crippen LogP contribution in [0.5, 0.6) is 5.75 Å². The number of aryl methyl sites for hydroxylation is 1. The van der Waals surface area contributed by atoms with Gasteiger partial charge in [0, 0.05) is 28.4 Å². The van der Waals surface area contributed by atoms with Gasteiger partial charge in [0.15, 0.2) is 0 Å². The second-order valence-electron chi connectivity index (χ2n) is 7.49. The Labute approximate surface area is 211 Å². The standard InChI is InChI=1S/C24H20ClN3O5S2/c1-16-15-34-24(27-16)35(31,32)28(13-20-4-2-3-11-26-20)21-10-9-19(25)12-22(21)33-14-17-5-7-18(8-6-17)23(29)30/h2-12,15H,13-14H2,1H3,(H,29,30). The highest BCUT2D eigenvalue weighted by Crippen LogP contribution is 2.37. The van der Waals surface area contributed by atoms with E-state index in [2.05, 4.69) is 9.97 Å². The van der Waals surface area contributed by atoms with E-state index in [1.54, 1.807) is 61.0 Å². The maximum absolute atomic E-state index is 13.7. The monoisotopic (exact) mass is 529 g/mol. The van der Waals surface area contributed by atoms with Crippen LogP contribution in [0.25, 0.3) is 0 Å². The maximum atomic E-state index is 13.7. The molecule has 2 heterocycles. The van der Waals surface area contributed by atoms with Crippen molar-refractivity contribution in [1.82, 2.24) is 9.97 Å². The molecule has 8 nitrogen and oxygen atoms in total. The number of pyridine rings is 1. The molecule has 2 aromatic carbocycles. The fourth-order valence-electron chi connectivity index (χ4n) is 3.20. The second-order valence-corrected chi connectivity index (χ2v) is 10.8. The van der Waals surface area contributed by atoms with Crippen LogP contribution in [0.3, 0.4) is 0 Å². The number of hydrogen-bond donors (Lipinski definition) is 1. The third-order valence-corrected chi connectivity index (χ3v) is 8.27. The van der Waals surface area contributed by atoms with Crippen LogP contribution in [0, 0.1) is 6.92 Å². The molecule has 0 atom stereocenters. The number of thiazole rings is 1. The summed E-state index contributed by atoms with van der Waals surface area (Å²) in [7, 11) is -4.05. The number of sulfonamides is 1. The SMILES string of the molecule is Cc1csc(S(=O)(=O)N(Cc2ccccn2)c2ccc(Cl)cc2OCc2ccc(C(=O)O)cc2)n1. The Morgan fingerprint density at radius 2 is 1.91 bits per heavy atom. The first kappa shape index (κ1) is 24.6. The van der Waals surface area contributed by atoms with Crippen LogP contribution in [0.2, 0.25) is 5.02 Å². The van der Waals surface area contributed by atoms with Crippen molar-refractivity contribution in [3.05, 3.63) is 99.8 Å². The normalized spacial score (nSPS) is 11.3. The minimum Gasteiger partial charge on any atom is -0.487 e. The highest BCUT2D eigenvalue weighted by Gasteiger charge is 2.31. The molecule has 0 amide bonds. The van der Waals surface area contributed by atoms with E-state index in [1.165, 1.54) is 22.5 Å². The quantitative estimate of drug-likeness (QED) is 0.318. The van der Waals surface area contributed by atoms with Crippen LogP contribution >= 0.6 is 22.9 Å². The number of aromatic nitrogens is 2. The molecule has 0 fully saturated rings. The van der Waals surface area contributed by atoms with Gasteiger partial charge in [-0.3, -0.25) is 9.29 Å². The summed E-state index contributed by atoms with van der Waals surface area (Å²) in [5.74, 6) is -0.782. The highest BCUT2D eigenvalue weighted by molar-refractivity contribution is 7.94. The Hall–Kier alpha value is -3.47. The van der Waals surface area contributed by atoms with Gasteiger partial charge in [0.2, 0.25) is 4.34 Å². The summed E-state index contributed by atoms with van der Waals surface area (Å²) in [4.78, 5) is 19.6. The molecule has 2 aromatic heterocycles. The number of anilines is 1. The van der Waals surface area contributed by atoms with Gasteiger partial charge in [-0.15, -0.1) is 11.3 Å². The largest absolute Gasteiger partial charge is 0.487 e. The van der Waals surface area contributed by atoms with Crippen molar-refractivity contribution in [2.45, 2.75) is 24.4 Å². The molecule has 0 saturated carbocycles. The van der Waals surface area contributed by atoms with E-state index >= 15 is 0 Å². The van der Waals surface area contributed by atoms with E-state index in [0.717, 1.165) is 11.3 Å². The summed E-state index contributed by atoms with van der Waals surface area (Å²) in [5, 5.41) is 11.1. The number of carboxylic acids is 1. The van der Waals surface area contributed by atoms with E-state index in [1.807, 2.05) is 0 Å². The van der Waals surface area contributed by atoms with Crippen LogP contribution in [-0.4, -0.2) is 29.5 Å². The molecule has 1 N–H and O–H groups in total. The van der Waals surface area contributed by atoms with Crippen LogP contribution in [0.1, 0.15) is 27.3 Å². The smallest absolute Gasteiger partial charge is 0.335 e. The van der Waals surface area contributed by atoms with Gasteiger partial charge in [-0.05, 0) is 48.9 Å². The molecular weight excluding hydrogens is 510 g/mol. The average Bonchev–Trinajstić information content (AvgIpc) is 3.29. The lowest BCUT2D eigenvalue weighted by Gasteiger charge is -2.25. The molecule has 0 aliphatic rings. The Morgan fingerprint density at radius 3 is 2.54 bits per heavy atom. The number of nitrogens with zero attached hydrogens (tertiary/aromatic N) is 3. The molecule has 0 radical (unpaired) electrons. The Kier molecular flexibility index (Phi) is 7.34. The summed E-state index contributed by atoms with van der Waals surface area (Å²) in [6.07, 6.45) is 1.59. The predicted molar refractivity (Wildman–Crippen MR) is 134 cm³/mol. The lowest BCUT2D eigenvalue weighted by molar-refractivity contribution is 0.0697. The predicted octanol–water partition coefficient (Wildman–Crippen LogP) is 5.17. The maximum Gasteiger partial charge on any atom is 0.335 e. The van der Waals surface area contributed by atoms with E-state index in [-0.39, 0.29) is 34.5 Å². The summed E-state index contributed by atoms with van der Waals surface area (Å²) >= 11 is 7.25. The number of carbonyl (C=O) groups is 1. The first-order valence-electron chi connectivity index (χ1n) is 10.3. The zero-order valence-corrected chi connectivity index (χ0v) is 20.8. The zero-order valence-electron chi connectivity index (χ0n) is 18.5. The number of carboxylic acid groups (broad SMARTS) is 1. The molecule has 180 valence electrons. The molecule has 0 unspecified atom stereocenters. The van der Waals surface area contributed by atoms with E-state index in [9.17, 15) is 13.2 Å². The van der Waals surface area contributed by atoms with Gasteiger partial charge in [0.25, 0.3) is 10.0 Å². The highest BCUT2D eigenvalue weighted by atomic mass is 35.5. The fourth-order valence-corrected chi connectivity index (χ4v) is 5.94. The summed E-state index contributed by atoms with van der Waals surface area (Å²) in [5.41, 5.74) is 2.27. The Bertz CT molecular complexity index is 1440. The fraction of sp³-hybridized carbons (Fsp3) is 0.125. The number of hydrogen-bond acceptors (Lipinski definition) is 7. The minimum absolute atomic E-state index is 0.0453. The number of benzene rings is 2. The number of ether oxygens (including phenoxy) is 1. The van der Waals surface area contributed by atoms with Crippen LogP contribution in [0.4, 0.5) is 5.69 Å². The zero-order chi connectivity index (χ0) is 25.0. The van der Waals surface area contributed by atoms with Gasteiger partial charge >= 0.3 is 5.97 Å². The van der Waals surface area contributed by atoms with Crippen LogP contribution in [-0.2, 0) is 23.2 Å². The van der Waals surface area contributed by atoms with E-state index < -0.39 is 16.0 Å². The molecule has 4 aromatic rings. The van der Waals surface area contributed by atoms with Gasteiger partial charge in [0.05, 0.1) is 23.5 Å². The molecule has 0 aliphatic carbocycles. The lowest BCUT2D eigenvalue weighted by Crippen LogP contribution is -2.31. The van der Waals surface area contributed by atoms with Gasteiger partial charge in [-0.25, -0.2) is 9.78 Å². The lowest BCUT2D eigenvalue weighted by atomic mass is 10.1. The second kappa shape index (κ2) is 10.4. The number of rotatable bonds is 9. The van der Waals surface area contributed by atoms with Gasteiger partial charge in [-0.2, -0.15) is 8.42 Å². The minimum atomic E-state index is -4.05. The van der Waals surface area contributed by atoms with E-state index in [4.69, 9.17) is 21.4 Å². The average molecular weight is 530 g/mol. The summed E-state index contributed by atoms with van der Waals surface area (Å²) < 4.78 is 34.5. The van der Waals surface area contributed by atoms with Crippen molar-refractivity contribution in [2.24, 2.45) is 0 Å². The third kappa shape index (κ3) is 5.79. The Morgan fingerprint density at radius 1 is 1.14 bits per heavy atom. The van der Waals surface area contributed by atoms with Crippen molar-refractivity contribution in [3.8, 4) is 5.75 Å². The molecule has 0 aliphatic heterocycles. The van der Waals surface area contributed by atoms with Crippen LogP contribution < -0.4 is 9.04 Å². The first-order chi connectivity index (χ1) is 16.7. The molecule has 0 saturated heterocycles. The van der Waals surface area contributed by atoms with Crippen LogP contribution in [0.15, 0.2) is 76.6 Å².